The summed E-state index contributed by atoms with van der Waals surface area (Å²) < 4.78 is 10.4. The van der Waals surface area contributed by atoms with Crippen molar-refractivity contribution in [2.75, 3.05) is 32.3 Å². The van der Waals surface area contributed by atoms with Gasteiger partial charge in [-0.1, -0.05) is 18.2 Å². The zero-order chi connectivity index (χ0) is 21.4. The molecule has 0 aliphatic rings. The molecule has 0 aliphatic heterocycles. The second-order valence-electron chi connectivity index (χ2n) is 6.35. The summed E-state index contributed by atoms with van der Waals surface area (Å²) >= 11 is 1.21. The van der Waals surface area contributed by atoms with Gasteiger partial charge in [0.15, 0.2) is 6.10 Å². The predicted molar refractivity (Wildman–Crippen MR) is 112 cm³/mol. The molecule has 0 heterocycles. The van der Waals surface area contributed by atoms with Gasteiger partial charge in [-0.15, -0.1) is 11.8 Å². The number of likely N-dealkylation sites (N-methyl/N-ethyl adjacent to an activating group) is 1. The van der Waals surface area contributed by atoms with E-state index in [2.05, 4.69) is 5.32 Å². The molecular formula is C21H24N2O5S. The molecule has 0 saturated heterocycles. The van der Waals surface area contributed by atoms with Gasteiger partial charge < -0.3 is 19.7 Å². The van der Waals surface area contributed by atoms with Crippen LogP contribution < -0.4 is 10.1 Å². The van der Waals surface area contributed by atoms with Gasteiger partial charge in [0.25, 0.3) is 5.91 Å². The third-order valence-electron chi connectivity index (χ3n) is 3.89. The molecule has 29 heavy (non-hydrogen) atoms. The monoisotopic (exact) mass is 416 g/mol. The number of anilines is 1. The van der Waals surface area contributed by atoms with Crippen LogP contribution in [0.15, 0.2) is 53.4 Å². The largest absolute Gasteiger partial charge is 0.497 e. The summed E-state index contributed by atoms with van der Waals surface area (Å²) in [5.41, 5.74) is 0.934. The Bertz CT molecular complexity index is 885. The number of carbonyl (C=O) groups excluding carboxylic acids is 3. The fraction of sp³-hybridized carbons (Fsp3) is 0.286. The molecule has 0 aromatic heterocycles. The highest BCUT2D eigenvalue weighted by Gasteiger charge is 2.22. The number of hydrogen-bond acceptors (Lipinski definition) is 6. The number of ether oxygens (including phenoxy) is 2. The third kappa shape index (κ3) is 6.53. The molecule has 0 radical (unpaired) electrons. The number of esters is 1. The fourth-order valence-electron chi connectivity index (χ4n) is 2.44. The molecule has 0 unspecified atom stereocenters. The molecule has 1 atom stereocenters. The lowest BCUT2D eigenvalue weighted by Gasteiger charge is -2.18. The Morgan fingerprint density at radius 3 is 2.52 bits per heavy atom. The molecule has 2 rings (SSSR count). The lowest BCUT2D eigenvalue weighted by molar-refractivity contribution is -0.137. The zero-order valence-corrected chi connectivity index (χ0v) is 17.6. The van der Waals surface area contributed by atoms with Gasteiger partial charge in [0, 0.05) is 30.7 Å². The fourth-order valence-corrected chi connectivity index (χ4v) is 3.28. The van der Waals surface area contributed by atoms with Gasteiger partial charge in [-0.25, -0.2) is 4.79 Å². The van der Waals surface area contributed by atoms with E-state index in [1.807, 2.05) is 0 Å². The van der Waals surface area contributed by atoms with E-state index in [-0.39, 0.29) is 17.6 Å². The maximum atomic E-state index is 12.5. The smallest absolute Gasteiger partial charge is 0.340 e. The number of nitrogens with zero attached hydrogens (tertiary/aromatic N) is 1. The SMILES string of the molecule is COc1cccc(NC(=O)CSc2ccccc2C(=O)O[C@@H](C)C(=O)N(C)C)c1. The first-order chi connectivity index (χ1) is 13.8. The van der Waals surface area contributed by atoms with E-state index in [0.717, 1.165) is 0 Å². The van der Waals surface area contributed by atoms with E-state index in [1.54, 1.807) is 69.7 Å². The quantitative estimate of drug-likeness (QED) is 0.526. The van der Waals surface area contributed by atoms with Crippen molar-refractivity contribution in [1.82, 2.24) is 4.90 Å². The molecule has 2 aromatic carbocycles. The molecule has 2 aromatic rings. The van der Waals surface area contributed by atoms with E-state index < -0.39 is 12.1 Å². The first kappa shape index (κ1) is 22.3. The van der Waals surface area contributed by atoms with E-state index in [9.17, 15) is 14.4 Å². The number of nitrogens with one attached hydrogen (secondary N) is 1. The number of methoxy groups -OCH3 is 1. The minimum atomic E-state index is -0.896. The minimum Gasteiger partial charge on any atom is -0.497 e. The van der Waals surface area contributed by atoms with Crippen LogP contribution in [0.1, 0.15) is 17.3 Å². The Morgan fingerprint density at radius 2 is 1.83 bits per heavy atom. The van der Waals surface area contributed by atoms with Gasteiger partial charge in [0.05, 0.1) is 18.4 Å². The van der Waals surface area contributed by atoms with Gasteiger partial charge in [-0.05, 0) is 31.2 Å². The van der Waals surface area contributed by atoms with Crippen molar-refractivity contribution in [2.24, 2.45) is 0 Å². The number of amides is 2. The molecule has 0 spiro atoms. The number of benzene rings is 2. The van der Waals surface area contributed by atoms with E-state index in [4.69, 9.17) is 9.47 Å². The van der Waals surface area contributed by atoms with Crippen LogP contribution in [0.5, 0.6) is 5.75 Å². The normalized spacial score (nSPS) is 11.3. The summed E-state index contributed by atoms with van der Waals surface area (Å²) in [4.78, 5) is 38.6. The maximum absolute atomic E-state index is 12.5. The summed E-state index contributed by atoms with van der Waals surface area (Å²) in [6, 6.07) is 13.9. The van der Waals surface area contributed by atoms with E-state index in [1.165, 1.54) is 23.6 Å². The molecular weight excluding hydrogens is 392 g/mol. The number of rotatable bonds is 8. The standard InChI is InChI=1S/C21H24N2O5S/c1-14(20(25)23(2)3)28-21(26)17-10-5-6-11-18(17)29-13-19(24)22-15-8-7-9-16(12-15)27-4/h5-12,14H,13H2,1-4H3,(H,22,24)/t14-/m0/s1. The second-order valence-corrected chi connectivity index (χ2v) is 7.36. The molecule has 7 nitrogen and oxygen atoms in total. The van der Waals surface area contributed by atoms with Crippen LogP contribution in [0.4, 0.5) is 5.69 Å². The van der Waals surface area contributed by atoms with Crippen LogP contribution in [0, 0.1) is 0 Å². The van der Waals surface area contributed by atoms with Crippen molar-refractivity contribution < 1.29 is 23.9 Å². The minimum absolute atomic E-state index is 0.105. The van der Waals surface area contributed by atoms with Crippen LogP contribution in [-0.4, -0.2) is 55.7 Å². The van der Waals surface area contributed by atoms with Crippen LogP contribution in [0.3, 0.4) is 0 Å². The van der Waals surface area contributed by atoms with Gasteiger partial charge in [-0.2, -0.15) is 0 Å². The molecule has 0 fully saturated rings. The van der Waals surface area contributed by atoms with Crippen LogP contribution >= 0.6 is 11.8 Å². The third-order valence-corrected chi connectivity index (χ3v) is 4.97. The van der Waals surface area contributed by atoms with Crippen LogP contribution in [-0.2, 0) is 14.3 Å². The van der Waals surface area contributed by atoms with Gasteiger partial charge in [-0.3, -0.25) is 9.59 Å². The van der Waals surface area contributed by atoms with Gasteiger partial charge in [0.1, 0.15) is 5.75 Å². The Balaban J connectivity index is 2.00. The van der Waals surface area contributed by atoms with E-state index in [0.29, 0.717) is 21.9 Å². The van der Waals surface area contributed by atoms with Crippen molar-refractivity contribution in [3.8, 4) is 5.75 Å². The maximum Gasteiger partial charge on any atom is 0.340 e. The summed E-state index contributed by atoms with van der Waals surface area (Å²) in [6.45, 7) is 1.53. The van der Waals surface area contributed by atoms with E-state index >= 15 is 0 Å². The lowest BCUT2D eigenvalue weighted by Crippen LogP contribution is -2.35. The average molecular weight is 416 g/mol. The highest BCUT2D eigenvalue weighted by molar-refractivity contribution is 8.00. The average Bonchev–Trinajstić information content (AvgIpc) is 2.71. The summed E-state index contributed by atoms with van der Waals surface area (Å²) in [5, 5.41) is 2.79. The van der Waals surface area contributed by atoms with Crippen molar-refractivity contribution in [3.63, 3.8) is 0 Å². The highest BCUT2D eigenvalue weighted by Crippen LogP contribution is 2.24. The van der Waals surface area contributed by atoms with Crippen molar-refractivity contribution in [2.45, 2.75) is 17.9 Å². The Hall–Kier alpha value is -3.00. The summed E-state index contributed by atoms with van der Waals surface area (Å²) in [5.74, 6) is -0.383. The second kappa shape index (κ2) is 10.5. The lowest BCUT2D eigenvalue weighted by atomic mass is 10.2. The molecule has 1 N–H and O–H groups in total. The summed E-state index contributed by atoms with van der Waals surface area (Å²) in [6.07, 6.45) is -0.896. The molecule has 0 aliphatic carbocycles. The molecule has 0 saturated carbocycles. The van der Waals surface area contributed by atoms with Gasteiger partial charge in [0.2, 0.25) is 5.91 Å². The topological polar surface area (TPSA) is 84.9 Å². The van der Waals surface area contributed by atoms with Crippen molar-refractivity contribution in [3.05, 3.63) is 54.1 Å². The highest BCUT2D eigenvalue weighted by atomic mass is 32.2. The number of hydrogen-bond donors (Lipinski definition) is 1. The van der Waals surface area contributed by atoms with Gasteiger partial charge >= 0.3 is 5.97 Å². The Labute approximate surface area is 174 Å². The van der Waals surface area contributed by atoms with Crippen molar-refractivity contribution in [1.29, 1.82) is 0 Å². The van der Waals surface area contributed by atoms with Crippen molar-refractivity contribution >= 4 is 35.2 Å². The Morgan fingerprint density at radius 1 is 1.10 bits per heavy atom. The molecule has 8 heteroatoms. The first-order valence-electron chi connectivity index (χ1n) is 8.89. The zero-order valence-electron chi connectivity index (χ0n) is 16.8. The van der Waals surface area contributed by atoms with Crippen LogP contribution in [0.25, 0.3) is 0 Å². The van der Waals surface area contributed by atoms with Crippen LogP contribution in [0.2, 0.25) is 0 Å². The molecule has 2 amide bonds. The number of carbonyl (C=O) groups is 3. The Kier molecular flexibility index (Phi) is 8.09. The summed E-state index contributed by atoms with van der Waals surface area (Å²) in [7, 11) is 4.74. The number of thioether (sulfide) groups is 1. The predicted octanol–water partition coefficient (Wildman–Crippen LogP) is 3.06. The molecule has 154 valence electrons. The first-order valence-corrected chi connectivity index (χ1v) is 9.88. The molecule has 0 bridgehead atoms.